The molecule has 0 saturated carbocycles. The van der Waals surface area contributed by atoms with Crippen LogP contribution in [0.4, 0.5) is 0 Å². The van der Waals surface area contributed by atoms with E-state index in [1.807, 2.05) is 41.2 Å². The molecule has 0 aliphatic carbocycles. The number of thiol groups is 1. The first kappa shape index (κ1) is 16.0. The van der Waals surface area contributed by atoms with Gasteiger partial charge in [0.15, 0.2) is 6.10 Å². The first-order chi connectivity index (χ1) is 10.6. The Kier molecular flexibility index (Phi) is 5.93. The second-order valence-electron chi connectivity index (χ2n) is 4.47. The third kappa shape index (κ3) is 5.19. The van der Waals surface area contributed by atoms with Gasteiger partial charge in [0.05, 0.1) is 0 Å². The van der Waals surface area contributed by atoms with Crippen LogP contribution in [0.1, 0.15) is 5.56 Å². The number of carbonyl (C=O) groups is 1. The third-order valence-electron chi connectivity index (χ3n) is 2.85. The quantitative estimate of drug-likeness (QED) is 0.521. The van der Waals surface area contributed by atoms with Crippen LogP contribution in [-0.4, -0.2) is 20.4 Å². The maximum Gasteiger partial charge on any atom is 0.276 e. The standard InChI is InChI=1S/C15H16N2O4S/c18-15(16-17-22(19)20)14(11-12-7-3-1-4-8-12)21-13-9-5-2-6-10-13/h1-10,14,22H,11H2,(H,16,18)(H,17,19,20). The largest absolute Gasteiger partial charge is 0.480 e. The zero-order valence-electron chi connectivity index (χ0n) is 11.6. The zero-order chi connectivity index (χ0) is 15.8. The van der Waals surface area contributed by atoms with Gasteiger partial charge in [0, 0.05) is 6.42 Å². The van der Waals surface area contributed by atoms with Crippen LogP contribution in [0.3, 0.4) is 0 Å². The molecule has 6 nitrogen and oxygen atoms in total. The van der Waals surface area contributed by atoms with E-state index in [2.05, 4.69) is 5.43 Å². The number of amides is 1. The molecule has 2 aromatic carbocycles. The number of hydrogen-bond donors (Lipinski definition) is 3. The monoisotopic (exact) mass is 320 g/mol. The van der Waals surface area contributed by atoms with Crippen molar-refractivity contribution >= 4 is 16.8 Å². The van der Waals surface area contributed by atoms with Gasteiger partial charge in [-0.15, -0.1) is 4.83 Å². The van der Waals surface area contributed by atoms with E-state index in [1.54, 1.807) is 24.3 Å². The van der Waals surface area contributed by atoms with Crippen molar-refractivity contribution in [1.82, 2.24) is 10.3 Å². The molecular formula is C15H16N2O4S. The smallest absolute Gasteiger partial charge is 0.276 e. The first-order valence-electron chi connectivity index (χ1n) is 6.60. The van der Waals surface area contributed by atoms with Crippen LogP contribution in [0.2, 0.25) is 0 Å². The zero-order valence-corrected chi connectivity index (χ0v) is 12.5. The van der Waals surface area contributed by atoms with E-state index in [4.69, 9.17) is 4.74 Å². The Balaban J connectivity index is 2.10. The summed E-state index contributed by atoms with van der Waals surface area (Å²) in [4.78, 5) is 14.0. The highest BCUT2D eigenvalue weighted by Gasteiger charge is 2.21. The summed E-state index contributed by atoms with van der Waals surface area (Å²) in [6, 6.07) is 18.2. The van der Waals surface area contributed by atoms with Crippen molar-refractivity contribution in [2.75, 3.05) is 0 Å². The summed E-state index contributed by atoms with van der Waals surface area (Å²) in [6.07, 6.45) is -0.536. The number of rotatable bonds is 7. The highest BCUT2D eigenvalue weighted by Crippen LogP contribution is 2.14. The van der Waals surface area contributed by atoms with Gasteiger partial charge >= 0.3 is 0 Å². The van der Waals surface area contributed by atoms with Crippen molar-refractivity contribution < 1.29 is 17.9 Å². The molecule has 1 amide bonds. The second kappa shape index (κ2) is 8.16. The van der Waals surface area contributed by atoms with E-state index in [9.17, 15) is 13.2 Å². The van der Waals surface area contributed by atoms with Gasteiger partial charge < -0.3 is 4.74 Å². The Labute approximate surface area is 130 Å². The lowest BCUT2D eigenvalue weighted by Gasteiger charge is -2.18. The Hall–Kier alpha value is -2.38. The Morgan fingerprint density at radius 3 is 2.18 bits per heavy atom. The molecule has 0 aromatic heterocycles. The molecule has 0 radical (unpaired) electrons. The molecule has 116 valence electrons. The van der Waals surface area contributed by atoms with Crippen molar-refractivity contribution in [3.05, 3.63) is 66.2 Å². The second-order valence-corrected chi connectivity index (χ2v) is 5.21. The van der Waals surface area contributed by atoms with E-state index in [0.29, 0.717) is 12.2 Å². The molecule has 0 aliphatic rings. The van der Waals surface area contributed by atoms with Crippen LogP contribution in [0.25, 0.3) is 0 Å². The number of para-hydroxylation sites is 1. The molecule has 0 spiro atoms. The van der Waals surface area contributed by atoms with E-state index < -0.39 is 22.9 Å². The average Bonchev–Trinajstić information content (AvgIpc) is 2.54. The fourth-order valence-electron chi connectivity index (χ4n) is 1.86. The maximum absolute atomic E-state index is 12.1. The molecule has 0 aliphatic heterocycles. The van der Waals surface area contributed by atoms with E-state index >= 15 is 0 Å². The molecule has 1 unspecified atom stereocenters. The molecule has 0 saturated heterocycles. The summed E-state index contributed by atoms with van der Waals surface area (Å²) in [5.74, 6) is -0.0306. The van der Waals surface area contributed by atoms with Gasteiger partial charge in [-0.1, -0.05) is 48.5 Å². The first-order valence-corrected chi connectivity index (χ1v) is 7.78. The fourth-order valence-corrected chi connectivity index (χ4v) is 2.06. The Morgan fingerprint density at radius 2 is 1.59 bits per heavy atom. The minimum absolute atomic E-state index is 0.318. The van der Waals surface area contributed by atoms with Gasteiger partial charge in [-0.05, 0) is 17.7 Å². The van der Waals surface area contributed by atoms with Gasteiger partial charge in [-0.25, -0.2) is 8.42 Å². The molecule has 7 heteroatoms. The van der Waals surface area contributed by atoms with Crippen LogP contribution < -0.4 is 15.0 Å². The van der Waals surface area contributed by atoms with Gasteiger partial charge in [0.2, 0.25) is 10.9 Å². The molecule has 0 bridgehead atoms. The molecule has 2 aromatic rings. The summed E-state index contributed by atoms with van der Waals surface area (Å²) in [7, 11) is -2.91. The minimum Gasteiger partial charge on any atom is -0.480 e. The van der Waals surface area contributed by atoms with Gasteiger partial charge in [-0.3, -0.25) is 10.2 Å². The molecule has 22 heavy (non-hydrogen) atoms. The van der Waals surface area contributed by atoms with Crippen molar-refractivity contribution in [2.45, 2.75) is 12.5 Å². The molecule has 0 fully saturated rings. The van der Waals surface area contributed by atoms with Crippen molar-refractivity contribution in [1.29, 1.82) is 0 Å². The molecule has 1 atom stereocenters. The fraction of sp³-hybridized carbons (Fsp3) is 0.133. The van der Waals surface area contributed by atoms with Crippen LogP contribution in [-0.2, 0) is 22.1 Å². The number of hydrogen-bond acceptors (Lipinski definition) is 4. The molecular weight excluding hydrogens is 304 g/mol. The van der Waals surface area contributed by atoms with Crippen LogP contribution >= 0.6 is 0 Å². The predicted molar refractivity (Wildman–Crippen MR) is 82.6 cm³/mol. The Bertz CT molecular complexity index is 625. The van der Waals surface area contributed by atoms with Crippen LogP contribution in [0, 0.1) is 0 Å². The van der Waals surface area contributed by atoms with E-state index in [1.165, 1.54) is 0 Å². The third-order valence-corrected chi connectivity index (χ3v) is 3.14. The van der Waals surface area contributed by atoms with Gasteiger partial charge in [0.1, 0.15) is 5.75 Å². The van der Waals surface area contributed by atoms with E-state index in [0.717, 1.165) is 5.56 Å². The van der Waals surface area contributed by atoms with E-state index in [-0.39, 0.29) is 0 Å². The normalized spacial score (nSPS) is 11.9. The Morgan fingerprint density at radius 1 is 1.00 bits per heavy atom. The van der Waals surface area contributed by atoms with Gasteiger partial charge in [0.25, 0.3) is 5.91 Å². The summed E-state index contributed by atoms with van der Waals surface area (Å²) < 4.78 is 26.7. The lowest BCUT2D eigenvalue weighted by molar-refractivity contribution is -0.128. The highest BCUT2D eigenvalue weighted by molar-refractivity contribution is 7.70. The molecule has 2 N–H and O–H groups in total. The number of ether oxygens (including phenoxy) is 1. The van der Waals surface area contributed by atoms with Crippen LogP contribution in [0.15, 0.2) is 60.7 Å². The molecule has 2 rings (SSSR count). The minimum atomic E-state index is -2.91. The number of carbonyl (C=O) groups excluding carboxylic acids is 1. The number of benzene rings is 2. The summed E-state index contributed by atoms with van der Waals surface area (Å²) >= 11 is 0. The summed E-state index contributed by atoms with van der Waals surface area (Å²) in [5, 5.41) is 0. The summed E-state index contributed by atoms with van der Waals surface area (Å²) in [6.45, 7) is 0. The lowest BCUT2D eigenvalue weighted by Crippen LogP contribution is -2.46. The predicted octanol–water partition coefficient (Wildman–Crippen LogP) is 0.824. The SMILES string of the molecule is O=C(NN[SH](=O)=O)C(Cc1ccccc1)Oc1ccccc1. The topological polar surface area (TPSA) is 84.5 Å². The van der Waals surface area contributed by atoms with Gasteiger partial charge in [-0.2, -0.15) is 0 Å². The van der Waals surface area contributed by atoms with Crippen LogP contribution in [0.5, 0.6) is 5.75 Å². The average molecular weight is 320 g/mol. The summed E-state index contributed by atoms with van der Waals surface area (Å²) in [5.41, 5.74) is 3.02. The lowest BCUT2D eigenvalue weighted by atomic mass is 10.1. The maximum atomic E-state index is 12.1. The molecule has 0 heterocycles. The van der Waals surface area contributed by atoms with Crippen molar-refractivity contribution in [3.63, 3.8) is 0 Å². The number of nitrogens with one attached hydrogen (secondary N) is 2. The number of hydrazine groups is 1. The highest BCUT2D eigenvalue weighted by atomic mass is 32.2. The van der Waals surface area contributed by atoms with Crippen molar-refractivity contribution in [2.24, 2.45) is 0 Å². The van der Waals surface area contributed by atoms with Crippen molar-refractivity contribution in [3.8, 4) is 5.75 Å².